The third-order valence-corrected chi connectivity index (χ3v) is 4.68. The Hall–Kier alpha value is -3.66. The number of aromatic amines is 2. The number of nitrogens with one attached hydrogen (secondary N) is 2. The Balaban J connectivity index is 0.000000322. The first-order chi connectivity index (χ1) is 14.7. The van der Waals surface area contributed by atoms with Gasteiger partial charge in [-0.3, -0.25) is 0 Å². The molecule has 0 aliphatic carbocycles. The van der Waals surface area contributed by atoms with Gasteiger partial charge in [0.1, 0.15) is 0 Å². The molecule has 5 heterocycles. The maximum atomic E-state index is 4.62. The monoisotopic (exact) mass is 394 g/mol. The highest BCUT2D eigenvalue weighted by molar-refractivity contribution is 5.77. The van der Waals surface area contributed by atoms with Crippen LogP contribution in [-0.4, -0.2) is 19.9 Å². The molecule has 3 aromatic rings. The fourth-order valence-corrected chi connectivity index (χ4v) is 3.28. The predicted octanol–water partition coefficient (Wildman–Crippen LogP) is 7.02. The summed E-state index contributed by atoms with van der Waals surface area (Å²) < 4.78 is 0. The Kier molecular flexibility index (Phi) is 6.04. The van der Waals surface area contributed by atoms with Gasteiger partial charge in [0.2, 0.25) is 0 Å². The van der Waals surface area contributed by atoms with Gasteiger partial charge < -0.3 is 9.97 Å². The van der Waals surface area contributed by atoms with Gasteiger partial charge in [-0.2, -0.15) is 0 Å². The van der Waals surface area contributed by atoms with Crippen LogP contribution in [0.15, 0.2) is 60.7 Å². The number of nitrogens with zero attached hydrogens (tertiary/aromatic N) is 2. The lowest BCUT2D eigenvalue weighted by Crippen LogP contribution is -1.77. The van der Waals surface area contributed by atoms with Gasteiger partial charge in [0, 0.05) is 22.1 Å². The van der Waals surface area contributed by atoms with E-state index in [1.54, 1.807) is 0 Å². The Morgan fingerprint density at radius 2 is 0.933 bits per heavy atom. The van der Waals surface area contributed by atoms with E-state index in [4.69, 9.17) is 0 Å². The minimum atomic E-state index is 0.915. The van der Waals surface area contributed by atoms with Gasteiger partial charge in [-0.15, -0.1) is 0 Å². The van der Waals surface area contributed by atoms with Crippen LogP contribution in [-0.2, 0) is 0 Å². The Bertz CT molecular complexity index is 1170. The maximum absolute atomic E-state index is 4.62. The van der Waals surface area contributed by atoms with Crippen LogP contribution >= 0.6 is 0 Å². The van der Waals surface area contributed by atoms with Crippen LogP contribution < -0.4 is 0 Å². The second-order valence-electron chi connectivity index (χ2n) is 7.19. The molecule has 4 nitrogen and oxygen atoms in total. The summed E-state index contributed by atoms with van der Waals surface area (Å²) in [7, 11) is 0. The van der Waals surface area contributed by atoms with Crippen LogP contribution in [0.25, 0.3) is 46.4 Å². The van der Waals surface area contributed by atoms with Crippen LogP contribution in [0.2, 0.25) is 0 Å². The molecule has 0 radical (unpaired) electrons. The molecule has 3 aromatic heterocycles. The first kappa shape index (κ1) is 19.6. The lowest BCUT2D eigenvalue weighted by Gasteiger charge is -1.86. The predicted molar refractivity (Wildman–Crippen MR) is 129 cm³/mol. The van der Waals surface area contributed by atoms with Crippen molar-refractivity contribution in [2.75, 3.05) is 0 Å². The van der Waals surface area contributed by atoms with E-state index < -0.39 is 0 Å². The third-order valence-electron chi connectivity index (χ3n) is 4.68. The molecule has 5 rings (SSSR count). The van der Waals surface area contributed by atoms with Crippen molar-refractivity contribution in [2.45, 2.75) is 26.7 Å². The molecular weight excluding hydrogens is 368 g/mol. The van der Waals surface area contributed by atoms with Crippen LogP contribution in [0.5, 0.6) is 0 Å². The summed E-state index contributed by atoms with van der Waals surface area (Å²) in [5.41, 5.74) is 7.86. The molecule has 0 saturated carbocycles. The molecule has 0 aromatic carbocycles. The SMILES string of the molecule is C1=Cc2cc3ccc(cc4ccc(cc5nc(cc1n2)C=C5)[nH]4)[nH]3.CCC=CCC. The Morgan fingerprint density at radius 3 is 1.33 bits per heavy atom. The minimum absolute atomic E-state index is 0.915. The molecule has 0 saturated heterocycles. The number of rotatable bonds is 2. The van der Waals surface area contributed by atoms with Crippen LogP contribution in [0.4, 0.5) is 0 Å². The third kappa shape index (κ3) is 5.03. The molecule has 2 aliphatic rings. The molecule has 30 heavy (non-hydrogen) atoms. The van der Waals surface area contributed by atoms with E-state index in [0.717, 1.165) is 44.8 Å². The first-order valence-electron chi connectivity index (χ1n) is 10.4. The lowest BCUT2D eigenvalue weighted by molar-refractivity contribution is 1.16. The molecule has 150 valence electrons. The van der Waals surface area contributed by atoms with Gasteiger partial charge >= 0.3 is 0 Å². The van der Waals surface area contributed by atoms with Crippen molar-refractivity contribution >= 4 is 46.4 Å². The van der Waals surface area contributed by atoms with Crippen LogP contribution in [0, 0.1) is 0 Å². The smallest absolute Gasteiger partial charge is 0.0659 e. The lowest BCUT2D eigenvalue weighted by atomic mass is 10.3. The second-order valence-corrected chi connectivity index (χ2v) is 7.19. The molecular formula is C26H26N4. The van der Waals surface area contributed by atoms with Gasteiger partial charge in [-0.1, -0.05) is 26.0 Å². The van der Waals surface area contributed by atoms with Gasteiger partial charge in [0.25, 0.3) is 0 Å². The fourth-order valence-electron chi connectivity index (χ4n) is 3.28. The number of fused-ring (bicyclic) bond motifs is 8. The van der Waals surface area contributed by atoms with Crippen molar-refractivity contribution in [3.63, 3.8) is 0 Å². The summed E-state index contributed by atoms with van der Waals surface area (Å²) in [4.78, 5) is 16.0. The summed E-state index contributed by atoms with van der Waals surface area (Å²) in [6.45, 7) is 4.29. The second kappa shape index (κ2) is 9.23. The van der Waals surface area contributed by atoms with Crippen LogP contribution in [0.3, 0.4) is 0 Å². The topological polar surface area (TPSA) is 57.4 Å². The van der Waals surface area contributed by atoms with E-state index in [9.17, 15) is 0 Å². The van der Waals surface area contributed by atoms with Crippen molar-refractivity contribution in [1.82, 2.24) is 19.9 Å². The zero-order chi connectivity index (χ0) is 20.8. The standard InChI is InChI=1S/C20H14N4.C6H12/c1-2-14-10-16-5-6-18(23-16)12-20-8-7-19(24-20)11-17-4-3-15(22-17)9-13(1)21-14;1-3-5-6-4-2/h1-12,21-22H;5-6H,3-4H2,1-2H3. The average Bonchev–Trinajstić information content (AvgIpc) is 3.52. The van der Waals surface area contributed by atoms with Crippen molar-refractivity contribution in [3.8, 4) is 0 Å². The van der Waals surface area contributed by atoms with E-state index in [2.05, 4.69) is 76.3 Å². The summed E-state index contributed by atoms with van der Waals surface area (Å²) in [5.74, 6) is 0. The van der Waals surface area contributed by atoms with Crippen molar-refractivity contribution in [3.05, 3.63) is 83.5 Å². The van der Waals surface area contributed by atoms with Gasteiger partial charge in [-0.25, -0.2) is 9.97 Å². The molecule has 4 heteroatoms. The van der Waals surface area contributed by atoms with E-state index >= 15 is 0 Å². The van der Waals surface area contributed by atoms with Gasteiger partial charge in [0.15, 0.2) is 0 Å². The number of H-pyrrole nitrogens is 2. The molecule has 8 bridgehead atoms. The molecule has 0 atom stereocenters. The minimum Gasteiger partial charge on any atom is -0.355 e. The van der Waals surface area contributed by atoms with Crippen molar-refractivity contribution in [1.29, 1.82) is 0 Å². The number of aromatic nitrogens is 4. The molecule has 0 amide bonds. The van der Waals surface area contributed by atoms with Crippen molar-refractivity contribution < 1.29 is 0 Å². The van der Waals surface area contributed by atoms with Gasteiger partial charge in [0.05, 0.1) is 22.8 Å². The number of hydrogen-bond donors (Lipinski definition) is 2. The molecule has 2 N–H and O–H groups in total. The van der Waals surface area contributed by atoms with E-state index in [1.807, 2.05) is 42.5 Å². The zero-order valence-corrected chi connectivity index (χ0v) is 17.4. The first-order valence-corrected chi connectivity index (χ1v) is 10.4. The Labute approximate surface area is 176 Å². The average molecular weight is 395 g/mol. The summed E-state index contributed by atoms with van der Waals surface area (Å²) >= 11 is 0. The largest absolute Gasteiger partial charge is 0.355 e. The molecule has 0 fully saturated rings. The quantitative estimate of drug-likeness (QED) is 0.316. The summed E-state index contributed by atoms with van der Waals surface area (Å²) in [5, 5.41) is 0. The molecule has 0 spiro atoms. The molecule has 0 unspecified atom stereocenters. The van der Waals surface area contributed by atoms with Crippen LogP contribution in [0.1, 0.15) is 49.5 Å². The molecule has 2 aliphatic heterocycles. The number of hydrogen-bond acceptors (Lipinski definition) is 2. The highest BCUT2D eigenvalue weighted by atomic mass is 14.8. The van der Waals surface area contributed by atoms with Crippen molar-refractivity contribution in [2.24, 2.45) is 0 Å². The highest BCUT2D eigenvalue weighted by Crippen LogP contribution is 2.17. The highest BCUT2D eigenvalue weighted by Gasteiger charge is 2.02. The zero-order valence-electron chi connectivity index (χ0n) is 17.4. The maximum Gasteiger partial charge on any atom is 0.0659 e. The summed E-state index contributed by atoms with van der Waals surface area (Å²) in [6.07, 6.45) is 14.8. The van der Waals surface area contributed by atoms with Gasteiger partial charge in [-0.05, 0) is 85.7 Å². The van der Waals surface area contributed by atoms with E-state index in [0.29, 0.717) is 0 Å². The van der Waals surface area contributed by atoms with E-state index in [-0.39, 0.29) is 0 Å². The number of allylic oxidation sites excluding steroid dienone is 2. The fraction of sp³-hybridized carbons (Fsp3) is 0.154. The normalized spacial score (nSPS) is 12.2. The van der Waals surface area contributed by atoms with E-state index in [1.165, 1.54) is 12.8 Å². The summed E-state index contributed by atoms with van der Waals surface area (Å²) in [6, 6.07) is 16.4. The Morgan fingerprint density at radius 1 is 0.567 bits per heavy atom.